The highest BCUT2D eigenvalue weighted by Gasteiger charge is 2.16. The van der Waals surface area contributed by atoms with Gasteiger partial charge >= 0.3 is 0 Å². The second-order valence-electron chi connectivity index (χ2n) is 6.50. The second kappa shape index (κ2) is 14.3. The maximum absolute atomic E-state index is 14.0. The molecule has 8 nitrogen and oxygen atoms in total. The third-order valence-electron chi connectivity index (χ3n) is 4.16. The Bertz CT molecular complexity index is 1100. The summed E-state index contributed by atoms with van der Waals surface area (Å²) in [6.07, 6.45) is 3.79. The van der Waals surface area contributed by atoms with Gasteiger partial charge in [0.2, 0.25) is 5.95 Å². The van der Waals surface area contributed by atoms with Crippen LogP contribution in [0.3, 0.4) is 0 Å². The molecule has 0 saturated heterocycles. The van der Waals surface area contributed by atoms with Crippen molar-refractivity contribution in [2.45, 2.75) is 31.6 Å². The Morgan fingerprint density at radius 3 is 2.59 bits per heavy atom. The lowest BCUT2D eigenvalue weighted by atomic mass is 10.1. The van der Waals surface area contributed by atoms with Crippen LogP contribution in [-0.2, 0) is 4.79 Å². The SMILES string of the molecule is CC.NC(=O)c1c(F)cccc1Nc1nc(Nc2ccc(SNCCCC=O)cc2)ncc1Br. The number of nitrogens with one attached hydrogen (secondary N) is 3. The van der Waals surface area contributed by atoms with Gasteiger partial charge in [-0.1, -0.05) is 19.9 Å². The number of hydrogen-bond acceptors (Lipinski definition) is 8. The lowest BCUT2D eigenvalue weighted by molar-refractivity contribution is -0.107. The number of aromatic nitrogens is 2. The number of halogens is 2. The molecule has 2 aromatic carbocycles. The monoisotopic (exact) mass is 548 g/mol. The van der Waals surface area contributed by atoms with Crippen molar-refractivity contribution in [3.63, 3.8) is 0 Å². The zero-order valence-electron chi connectivity index (χ0n) is 18.8. The average molecular weight is 549 g/mol. The largest absolute Gasteiger partial charge is 0.365 e. The summed E-state index contributed by atoms with van der Waals surface area (Å²) >= 11 is 4.84. The van der Waals surface area contributed by atoms with Gasteiger partial charge in [-0.3, -0.25) is 9.52 Å². The fraction of sp³-hybridized carbons (Fsp3) is 0.217. The van der Waals surface area contributed by atoms with Gasteiger partial charge in [0, 0.05) is 29.7 Å². The van der Waals surface area contributed by atoms with Gasteiger partial charge in [-0.25, -0.2) is 9.37 Å². The van der Waals surface area contributed by atoms with Gasteiger partial charge < -0.3 is 21.2 Å². The lowest BCUT2D eigenvalue weighted by Crippen LogP contribution is -2.16. The quantitative estimate of drug-likeness (QED) is 0.139. The van der Waals surface area contributed by atoms with E-state index in [0.717, 1.165) is 35.9 Å². The molecule has 3 rings (SSSR count). The standard InChI is InChI=1S/C21H20BrFN6O2S.C2H6/c22-15-12-25-21(27-13-6-8-14(9-7-13)32-26-10-1-2-11-30)29-20(15)28-17-5-3-4-16(23)18(17)19(24)31;1-2/h3-9,11-12,26H,1-2,10H2,(H2,24,31)(H2,25,27,28,29);1-2H3. The first-order chi connectivity index (χ1) is 16.5. The fourth-order valence-electron chi connectivity index (χ4n) is 2.65. The number of hydrogen-bond donors (Lipinski definition) is 4. The highest BCUT2D eigenvalue weighted by molar-refractivity contribution is 9.10. The number of aldehydes is 1. The van der Waals surface area contributed by atoms with Crippen LogP contribution in [-0.4, -0.2) is 28.7 Å². The minimum atomic E-state index is -0.884. The number of amides is 1. The van der Waals surface area contributed by atoms with E-state index in [1.807, 2.05) is 38.1 Å². The Labute approximate surface area is 210 Å². The zero-order valence-corrected chi connectivity index (χ0v) is 21.2. The minimum Gasteiger partial charge on any atom is -0.365 e. The second-order valence-corrected chi connectivity index (χ2v) is 8.32. The first kappa shape index (κ1) is 27.2. The van der Waals surface area contributed by atoms with Crippen molar-refractivity contribution in [1.29, 1.82) is 0 Å². The van der Waals surface area contributed by atoms with E-state index in [1.54, 1.807) is 0 Å². The highest BCUT2D eigenvalue weighted by Crippen LogP contribution is 2.28. The number of nitrogens with zero attached hydrogens (tertiary/aromatic N) is 2. The maximum atomic E-state index is 14.0. The van der Waals surface area contributed by atoms with Crippen LogP contribution in [0.25, 0.3) is 0 Å². The maximum Gasteiger partial charge on any atom is 0.253 e. The molecule has 0 atom stereocenters. The summed E-state index contributed by atoms with van der Waals surface area (Å²) < 4.78 is 17.7. The topological polar surface area (TPSA) is 122 Å². The molecule has 0 saturated carbocycles. The van der Waals surface area contributed by atoms with Crippen LogP contribution in [0.5, 0.6) is 0 Å². The number of carbonyl (C=O) groups excluding carboxylic acids is 2. The summed E-state index contributed by atoms with van der Waals surface area (Å²) in [6.45, 7) is 4.74. The van der Waals surface area contributed by atoms with E-state index in [9.17, 15) is 14.0 Å². The summed E-state index contributed by atoms with van der Waals surface area (Å²) in [6, 6.07) is 11.8. The zero-order chi connectivity index (χ0) is 24.9. The molecule has 0 bridgehead atoms. The molecule has 34 heavy (non-hydrogen) atoms. The van der Waals surface area contributed by atoms with Crippen molar-refractivity contribution in [1.82, 2.24) is 14.7 Å². The van der Waals surface area contributed by atoms with E-state index in [2.05, 4.69) is 41.3 Å². The van der Waals surface area contributed by atoms with Gasteiger partial charge in [0.15, 0.2) is 0 Å². The smallest absolute Gasteiger partial charge is 0.253 e. The summed E-state index contributed by atoms with van der Waals surface area (Å²) in [5, 5.41) is 6.02. The van der Waals surface area contributed by atoms with Crippen LogP contribution < -0.4 is 21.1 Å². The summed E-state index contributed by atoms with van der Waals surface area (Å²) in [7, 11) is 0. The molecular weight excluding hydrogens is 523 g/mol. The van der Waals surface area contributed by atoms with E-state index in [1.165, 1.54) is 30.3 Å². The van der Waals surface area contributed by atoms with Crippen molar-refractivity contribution >= 4 is 63.2 Å². The molecule has 5 N–H and O–H groups in total. The molecule has 11 heteroatoms. The third kappa shape index (κ3) is 8.08. The van der Waals surface area contributed by atoms with Crippen molar-refractivity contribution in [2.75, 3.05) is 17.2 Å². The van der Waals surface area contributed by atoms with Gasteiger partial charge in [0.1, 0.15) is 17.9 Å². The van der Waals surface area contributed by atoms with Crippen LogP contribution >= 0.6 is 27.9 Å². The first-order valence-electron chi connectivity index (χ1n) is 10.6. The Balaban J connectivity index is 0.00000199. The normalized spacial score (nSPS) is 10.1. The van der Waals surface area contributed by atoms with E-state index < -0.39 is 11.7 Å². The van der Waals surface area contributed by atoms with Crippen LogP contribution in [0.4, 0.5) is 27.5 Å². The lowest BCUT2D eigenvalue weighted by Gasteiger charge is -2.13. The highest BCUT2D eigenvalue weighted by atomic mass is 79.9. The van der Waals surface area contributed by atoms with Gasteiger partial charge in [-0.2, -0.15) is 4.98 Å². The molecule has 1 amide bonds. The number of nitrogens with two attached hydrogens (primary N) is 1. The summed E-state index contributed by atoms with van der Waals surface area (Å²) in [5.74, 6) is -0.963. The third-order valence-corrected chi connectivity index (χ3v) is 5.60. The van der Waals surface area contributed by atoms with Crippen molar-refractivity contribution in [3.8, 4) is 0 Å². The first-order valence-corrected chi connectivity index (χ1v) is 12.2. The molecule has 0 unspecified atom stereocenters. The van der Waals surface area contributed by atoms with Crippen LogP contribution in [0.1, 0.15) is 37.0 Å². The van der Waals surface area contributed by atoms with E-state index in [4.69, 9.17) is 5.73 Å². The van der Waals surface area contributed by atoms with Gasteiger partial charge in [0.05, 0.1) is 15.7 Å². The van der Waals surface area contributed by atoms with Crippen molar-refractivity contribution in [3.05, 3.63) is 64.5 Å². The number of primary amides is 1. The number of unbranched alkanes of at least 4 members (excludes halogenated alkanes) is 1. The van der Waals surface area contributed by atoms with E-state index in [-0.39, 0.29) is 11.3 Å². The van der Waals surface area contributed by atoms with Gasteiger partial charge in [-0.15, -0.1) is 0 Å². The van der Waals surface area contributed by atoms with Crippen LogP contribution in [0.15, 0.2) is 58.0 Å². The van der Waals surface area contributed by atoms with Gasteiger partial charge in [0.25, 0.3) is 5.91 Å². The van der Waals surface area contributed by atoms with E-state index in [0.29, 0.717) is 22.7 Å². The van der Waals surface area contributed by atoms with Crippen molar-refractivity contribution < 1.29 is 14.0 Å². The molecule has 0 aliphatic heterocycles. The summed E-state index contributed by atoms with van der Waals surface area (Å²) in [5.41, 5.74) is 6.03. The summed E-state index contributed by atoms with van der Waals surface area (Å²) in [4.78, 5) is 31.6. The number of anilines is 4. The molecule has 0 fully saturated rings. The average Bonchev–Trinajstić information content (AvgIpc) is 2.83. The number of rotatable bonds is 11. The predicted molar refractivity (Wildman–Crippen MR) is 138 cm³/mol. The molecule has 0 spiro atoms. The van der Waals surface area contributed by atoms with E-state index >= 15 is 0 Å². The molecule has 1 aromatic heterocycles. The number of carbonyl (C=O) groups is 2. The molecule has 0 radical (unpaired) electrons. The molecule has 3 aromatic rings. The molecule has 0 aliphatic rings. The minimum absolute atomic E-state index is 0.199. The molecule has 1 heterocycles. The molecular formula is C23H26BrFN6O2S. The van der Waals surface area contributed by atoms with Crippen LogP contribution in [0.2, 0.25) is 0 Å². The Morgan fingerprint density at radius 2 is 1.91 bits per heavy atom. The fourth-order valence-corrected chi connectivity index (χ4v) is 3.62. The number of benzene rings is 2. The van der Waals surface area contributed by atoms with Crippen LogP contribution in [0, 0.1) is 5.82 Å². The molecule has 0 aliphatic carbocycles. The Kier molecular flexibility index (Phi) is 11.4. The Morgan fingerprint density at radius 1 is 1.18 bits per heavy atom. The molecule has 180 valence electrons. The van der Waals surface area contributed by atoms with Crippen molar-refractivity contribution in [2.24, 2.45) is 5.73 Å². The van der Waals surface area contributed by atoms with Gasteiger partial charge in [-0.05, 0) is 70.7 Å². The predicted octanol–water partition coefficient (Wildman–Crippen LogP) is 5.57. The Hall–Kier alpha value is -3.02.